The van der Waals surface area contributed by atoms with E-state index in [0.29, 0.717) is 11.5 Å². The SMILES string of the molecule is CC(COCC(F)(F)F)NC(=O)Nc1ccc(-n2cccn2)nc1. The van der Waals surface area contributed by atoms with Crippen LogP contribution in [0.3, 0.4) is 0 Å². The quantitative estimate of drug-likeness (QED) is 0.844. The van der Waals surface area contributed by atoms with Crippen LogP contribution >= 0.6 is 0 Å². The van der Waals surface area contributed by atoms with Gasteiger partial charge >= 0.3 is 12.2 Å². The van der Waals surface area contributed by atoms with E-state index in [9.17, 15) is 18.0 Å². The van der Waals surface area contributed by atoms with Crippen LogP contribution in [0.5, 0.6) is 0 Å². The molecule has 0 aromatic carbocycles. The Morgan fingerprint density at radius 3 is 2.79 bits per heavy atom. The van der Waals surface area contributed by atoms with Gasteiger partial charge in [0.25, 0.3) is 0 Å². The van der Waals surface area contributed by atoms with Gasteiger partial charge in [0.2, 0.25) is 0 Å². The minimum absolute atomic E-state index is 0.247. The van der Waals surface area contributed by atoms with Crippen LogP contribution in [0.1, 0.15) is 6.92 Å². The zero-order chi connectivity index (χ0) is 17.6. The number of nitrogens with one attached hydrogen (secondary N) is 2. The van der Waals surface area contributed by atoms with E-state index in [1.807, 2.05) is 0 Å². The van der Waals surface area contributed by atoms with Crippen molar-refractivity contribution < 1.29 is 22.7 Å². The molecule has 2 aromatic heterocycles. The van der Waals surface area contributed by atoms with Crippen LogP contribution in [0.25, 0.3) is 5.82 Å². The molecule has 1 unspecified atom stereocenters. The molecule has 0 radical (unpaired) electrons. The summed E-state index contributed by atoms with van der Waals surface area (Å²) >= 11 is 0. The van der Waals surface area contributed by atoms with Crippen molar-refractivity contribution in [3.63, 3.8) is 0 Å². The number of aromatic nitrogens is 3. The molecule has 130 valence electrons. The number of carbonyl (C=O) groups is 1. The molecule has 2 N–H and O–H groups in total. The smallest absolute Gasteiger partial charge is 0.370 e. The highest BCUT2D eigenvalue weighted by atomic mass is 19.4. The Bertz CT molecular complexity index is 643. The summed E-state index contributed by atoms with van der Waals surface area (Å²) in [6.45, 7) is -0.0577. The number of carbonyl (C=O) groups excluding carboxylic acids is 1. The number of urea groups is 1. The van der Waals surface area contributed by atoms with Gasteiger partial charge in [-0.15, -0.1) is 0 Å². The number of hydrogen-bond acceptors (Lipinski definition) is 4. The molecule has 0 aliphatic carbocycles. The molecular weight excluding hydrogens is 327 g/mol. The van der Waals surface area contributed by atoms with Crippen molar-refractivity contribution in [1.29, 1.82) is 0 Å². The molecule has 2 rings (SSSR count). The Morgan fingerprint density at radius 1 is 1.42 bits per heavy atom. The van der Waals surface area contributed by atoms with Crippen molar-refractivity contribution >= 4 is 11.7 Å². The second-order valence-electron chi connectivity index (χ2n) is 4.99. The lowest BCUT2D eigenvalue weighted by atomic mass is 10.3. The fourth-order valence-electron chi connectivity index (χ4n) is 1.78. The molecule has 24 heavy (non-hydrogen) atoms. The highest BCUT2D eigenvalue weighted by molar-refractivity contribution is 5.89. The first-order valence-corrected chi connectivity index (χ1v) is 7.01. The lowest BCUT2D eigenvalue weighted by molar-refractivity contribution is -0.174. The fourth-order valence-corrected chi connectivity index (χ4v) is 1.78. The highest BCUT2D eigenvalue weighted by Crippen LogP contribution is 2.14. The standard InChI is InChI=1S/C14H16F3N5O2/c1-10(8-24-9-14(15,16)17)20-13(23)21-11-3-4-12(18-7-11)22-6-2-5-19-22/h2-7,10H,8-9H2,1H3,(H2,20,21,23). The summed E-state index contributed by atoms with van der Waals surface area (Å²) in [6.07, 6.45) is 0.402. The summed E-state index contributed by atoms with van der Waals surface area (Å²) in [4.78, 5) is 15.9. The van der Waals surface area contributed by atoms with Gasteiger partial charge in [-0.1, -0.05) is 0 Å². The third kappa shape index (κ3) is 5.88. The number of anilines is 1. The van der Waals surface area contributed by atoms with Gasteiger partial charge in [-0.05, 0) is 25.1 Å². The number of halogens is 3. The minimum Gasteiger partial charge on any atom is -0.370 e. The van der Waals surface area contributed by atoms with Gasteiger partial charge in [-0.25, -0.2) is 14.5 Å². The van der Waals surface area contributed by atoms with Gasteiger partial charge in [0, 0.05) is 12.4 Å². The number of pyridine rings is 1. The summed E-state index contributed by atoms with van der Waals surface area (Å²) in [7, 11) is 0. The Hall–Kier alpha value is -2.62. The van der Waals surface area contributed by atoms with Crippen molar-refractivity contribution in [2.75, 3.05) is 18.5 Å². The molecular formula is C14H16F3N5O2. The van der Waals surface area contributed by atoms with Crippen molar-refractivity contribution in [1.82, 2.24) is 20.1 Å². The molecule has 2 heterocycles. The average molecular weight is 343 g/mol. The lowest BCUT2D eigenvalue weighted by Crippen LogP contribution is -2.39. The molecule has 0 aliphatic rings. The van der Waals surface area contributed by atoms with E-state index in [0.717, 1.165) is 0 Å². The van der Waals surface area contributed by atoms with Crippen LogP contribution in [0.2, 0.25) is 0 Å². The minimum atomic E-state index is -4.38. The van der Waals surface area contributed by atoms with Gasteiger partial charge in [-0.3, -0.25) is 0 Å². The number of alkyl halides is 3. The van der Waals surface area contributed by atoms with Gasteiger partial charge in [-0.2, -0.15) is 18.3 Å². The van der Waals surface area contributed by atoms with Crippen LogP contribution in [-0.4, -0.2) is 46.2 Å². The molecule has 0 saturated carbocycles. The van der Waals surface area contributed by atoms with Crippen LogP contribution < -0.4 is 10.6 Å². The highest BCUT2D eigenvalue weighted by Gasteiger charge is 2.27. The number of amides is 2. The van der Waals surface area contributed by atoms with E-state index >= 15 is 0 Å². The first-order chi connectivity index (χ1) is 11.3. The Balaban J connectivity index is 1.77. The van der Waals surface area contributed by atoms with Crippen LogP contribution in [0.15, 0.2) is 36.8 Å². The predicted octanol–water partition coefficient (Wildman–Crippen LogP) is 2.36. The first kappa shape index (κ1) is 17.7. The van der Waals surface area contributed by atoms with Gasteiger partial charge in [0.15, 0.2) is 5.82 Å². The summed E-state index contributed by atoms with van der Waals surface area (Å²) in [5.74, 6) is 0.583. The summed E-state index contributed by atoms with van der Waals surface area (Å²) in [5.41, 5.74) is 0.437. The molecule has 0 aliphatic heterocycles. The normalized spacial score (nSPS) is 12.7. The topological polar surface area (TPSA) is 81.1 Å². The molecule has 1 atom stereocenters. The second kappa shape index (κ2) is 7.77. The van der Waals surface area contributed by atoms with Crippen LogP contribution in [-0.2, 0) is 4.74 Å². The van der Waals surface area contributed by atoms with E-state index < -0.39 is 24.9 Å². The third-order valence-corrected chi connectivity index (χ3v) is 2.76. The number of hydrogen-bond donors (Lipinski definition) is 2. The molecule has 0 saturated heterocycles. The van der Waals surface area contributed by atoms with Crippen LogP contribution in [0, 0.1) is 0 Å². The van der Waals surface area contributed by atoms with Crippen LogP contribution in [0.4, 0.5) is 23.7 Å². The van der Waals surface area contributed by atoms with Crippen molar-refractivity contribution in [3.8, 4) is 5.82 Å². The number of ether oxygens (including phenoxy) is 1. The van der Waals surface area contributed by atoms with E-state index in [2.05, 4.69) is 25.5 Å². The van der Waals surface area contributed by atoms with Gasteiger partial charge in [0.05, 0.1) is 24.5 Å². The zero-order valence-electron chi connectivity index (χ0n) is 12.7. The van der Waals surface area contributed by atoms with Crippen molar-refractivity contribution in [2.24, 2.45) is 0 Å². The average Bonchev–Trinajstić information content (AvgIpc) is 3.00. The Kier molecular flexibility index (Phi) is 5.74. The summed E-state index contributed by atoms with van der Waals surface area (Å²) in [5, 5.41) is 9.02. The first-order valence-electron chi connectivity index (χ1n) is 7.01. The maximum Gasteiger partial charge on any atom is 0.411 e. The zero-order valence-corrected chi connectivity index (χ0v) is 12.7. The second-order valence-corrected chi connectivity index (χ2v) is 4.99. The number of nitrogens with zero attached hydrogens (tertiary/aromatic N) is 3. The molecule has 2 aromatic rings. The maximum absolute atomic E-state index is 12.0. The van der Waals surface area contributed by atoms with Crippen molar-refractivity contribution in [2.45, 2.75) is 19.1 Å². The predicted molar refractivity (Wildman–Crippen MR) is 79.8 cm³/mol. The largest absolute Gasteiger partial charge is 0.411 e. The summed E-state index contributed by atoms with van der Waals surface area (Å²) in [6, 6.07) is 3.91. The summed E-state index contributed by atoms with van der Waals surface area (Å²) < 4.78 is 41.9. The molecule has 7 nitrogen and oxygen atoms in total. The van der Waals surface area contributed by atoms with Gasteiger partial charge in [0.1, 0.15) is 6.61 Å². The molecule has 0 spiro atoms. The van der Waals surface area contributed by atoms with Gasteiger partial charge < -0.3 is 15.4 Å². The van der Waals surface area contributed by atoms with Crippen molar-refractivity contribution in [3.05, 3.63) is 36.8 Å². The Morgan fingerprint density at radius 2 is 2.21 bits per heavy atom. The monoisotopic (exact) mass is 343 g/mol. The van der Waals surface area contributed by atoms with E-state index in [-0.39, 0.29) is 6.61 Å². The Labute approximate surface area is 135 Å². The number of rotatable bonds is 6. The molecule has 10 heteroatoms. The third-order valence-electron chi connectivity index (χ3n) is 2.76. The van der Waals surface area contributed by atoms with E-state index in [1.165, 1.54) is 13.1 Å². The molecule has 2 amide bonds. The maximum atomic E-state index is 12.0. The molecule has 0 fully saturated rings. The molecule has 0 bridgehead atoms. The fraction of sp³-hybridized carbons (Fsp3) is 0.357. The van der Waals surface area contributed by atoms with E-state index in [4.69, 9.17) is 0 Å². The van der Waals surface area contributed by atoms with E-state index in [1.54, 1.807) is 35.3 Å². The lowest BCUT2D eigenvalue weighted by Gasteiger charge is -2.15.